The second kappa shape index (κ2) is 5.56. The number of ether oxygens (including phenoxy) is 1. The lowest BCUT2D eigenvalue weighted by Crippen LogP contribution is -2.43. The fourth-order valence-electron chi connectivity index (χ4n) is 3.34. The highest BCUT2D eigenvalue weighted by Gasteiger charge is 2.52. The first-order chi connectivity index (χ1) is 10.4. The monoisotopic (exact) mass is 308 g/mol. The number of carbonyl (C=O) groups is 3. The number of carbonyl (C=O) groups excluding carboxylic acids is 3. The molecule has 0 aromatic heterocycles. The molecule has 6 heteroatoms. The Labute approximate surface area is 130 Å². The summed E-state index contributed by atoms with van der Waals surface area (Å²) in [6.07, 6.45) is 4.69. The fraction of sp³-hybridized carbons (Fsp3) is 0.812. The molecule has 0 bridgehead atoms. The number of hydrogen-bond acceptors (Lipinski definition) is 4. The molecule has 1 unspecified atom stereocenters. The van der Waals surface area contributed by atoms with Gasteiger partial charge in [-0.15, -0.1) is 0 Å². The molecule has 3 atom stereocenters. The first-order valence-electron chi connectivity index (χ1n) is 8.18. The van der Waals surface area contributed by atoms with Gasteiger partial charge in [0.2, 0.25) is 5.91 Å². The van der Waals surface area contributed by atoms with Crippen molar-refractivity contribution in [3.05, 3.63) is 0 Å². The summed E-state index contributed by atoms with van der Waals surface area (Å²) in [7, 11) is 0. The standard InChI is InChI=1S/C16H24N2O4/c1-9(7-11-8-16(5-6-16)18-14(11)20)13(22-10(2)19)15(21)17-12-3-4-12/h9,11-13H,3-8H2,1-2H3,(H,17,21)(H,18,20)/t9-,11+,13?/m0/s1. The van der Waals surface area contributed by atoms with E-state index in [1.807, 2.05) is 6.92 Å². The van der Waals surface area contributed by atoms with Gasteiger partial charge in [-0.25, -0.2) is 0 Å². The summed E-state index contributed by atoms with van der Waals surface area (Å²) in [5.74, 6) is -0.868. The zero-order valence-corrected chi connectivity index (χ0v) is 13.2. The van der Waals surface area contributed by atoms with E-state index in [4.69, 9.17) is 4.74 Å². The predicted octanol–water partition coefficient (Wildman–Crippen LogP) is 0.892. The van der Waals surface area contributed by atoms with Crippen LogP contribution < -0.4 is 10.6 Å². The summed E-state index contributed by atoms with van der Waals surface area (Å²) < 4.78 is 5.23. The SMILES string of the molecule is CC(=O)OC(C(=O)NC1CC1)[C@@H](C)C[C@@H]1CC2(CC2)NC1=O. The maximum atomic E-state index is 12.3. The summed E-state index contributed by atoms with van der Waals surface area (Å²) >= 11 is 0. The Balaban J connectivity index is 1.60. The van der Waals surface area contributed by atoms with Gasteiger partial charge in [0.25, 0.3) is 5.91 Å². The molecule has 0 aromatic carbocycles. The largest absolute Gasteiger partial charge is 0.452 e. The van der Waals surface area contributed by atoms with E-state index in [0.29, 0.717) is 6.42 Å². The predicted molar refractivity (Wildman–Crippen MR) is 78.7 cm³/mol. The molecule has 2 aliphatic carbocycles. The topological polar surface area (TPSA) is 84.5 Å². The molecule has 22 heavy (non-hydrogen) atoms. The van der Waals surface area contributed by atoms with Crippen LogP contribution >= 0.6 is 0 Å². The summed E-state index contributed by atoms with van der Waals surface area (Å²) in [4.78, 5) is 35.6. The van der Waals surface area contributed by atoms with Gasteiger partial charge in [-0.1, -0.05) is 6.92 Å². The molecule has 122 valence electrons. The molecule has 1 spiro atoms. The minimum absolute atomic E-state index is 0.0364. The summed E-state index contributed by atoms with van der Waals surface area (Å²) in [6, 6.07) is 0.224. The molecule has 1 saturated heterocycles. The number of esters is 1. The Morgan fingerprint density at radius 3 is 2.59 bits per heavy atom. The first kappa shape index (κ1) is 15.3. The van der Waals surface area contributed by atoms with Crippen LogP contribution in [0, 0.1) is 11.8 Å². The molecule has 3 aliphatic rings. The Bertz CT molecular complexity index is 496. The summed E-state index contributed by atoms with van der Waals surface area (Å²) in [6.45, 7) is 3.19. The highest BCUT2D eigenvalue weighted by atomic mass is 16.5. The zero-order valence-electron chi connectivity index (χ0n) is 13.2. The van der Waals surface area contributed by atoms with Gasteiger partial charge < -0.3 is 15.4 Å². The van der Waals surface area contributed by atoms with Crippen molar-refractivity contribution < 1.29 is 19.1 Å². The highest BCUT2D eigenvalue weighted by Crippen LogP contribution is 2.46. The maximum Gasteiger partial charge on any atom is 0.303 e. The van der Waals surface area contributed by atoms with E-state index in [9.17, 15) is 14.4 Å². The van der Waals surface area contributed by atoms with Gasteiger partial charge in [0.05, 0.1) is 0 Å². The normalized spacial score (nSPS) is 27.9. The lowest BCUT2D eigenvalue weighted by molar-refractivity contribution is -0.157. The second-order valence-corrected chi connectivity index (χ2v) is 7.20. The van der Waals surface area contributed by atoms with Gasteiger partial charge in [0.15, 0.2) is 6.10 Å². The molecule has 6 nitrogen and oxygen atoms in total. The van der Waals surface area contributed by atoms with Crippen LogP contribution in [0.3, 0.4) is 0 Å². The van der Waals surface area contributed by atoms with Crippen LogP contribution in [-0.2, 0) is 19.1 Å². The van der Waals surface area contributed by atoms with Crippen molar-refractivity contribution in [1.29, 1.82) is 0 Å². The third-order valence-electron chi connectivity index (χ3n) is 4.90. The number of rotatable bonds is 6. The third kappa shape index (κ3) is 3.42. The maximum absolute atomic E-state index is 12.3. The molecule has 2 N–H and O–H groups in total. The Morgan fingerprint density at radius 2 is 2.09 bits per heavy atom. The molecule has 2 amide bonds. The summed E-state index contributed by atoms with van der Waals surface area (Å²) in [5.41, 5.74) is 0.0364. The van der Waals surface area contributed by atoms with Crippen LogP contribution in [0.15, 0.2) is 0 Å². The average Bonchev–Trinajstić information content (AvgIpc) is 3.32. The quantitative estimate of drug-likeness (QED) is 0.714. The van der Waals surface area contributed by atoms with Gasteiger partial charge in [-0.2, -0.15) is 0 Å². The van der Waals surface area contributed by atoms with E-state index in [2.05, 4.69) is 10.6 Å². The molecule has 3 fully saturated rings. The van der Waals surface area contributed by atoms with E-state index in [1.54, 1.807) is 0 Å². The molecule has 0 radical (unpaired) electrons. The molecule has 2 saturated carbocycles. The van der Waals surface area contributed by atoms with Crippen LogP contribution in [0.5, 0.6) is 0 Å². The highest BCUT2D eigenvalue weighted by molar-refractivity contribution is 5.85. The van der Waals surface area contributed by atoms with E-state index < -0.39 is 12.1 Å². The van der Waals surface area contributed by atoms with Gasteiger partial charge in [-0.05, 0) is 38.5 Å². The van der Waals surface area contributed by atoms with E-state index >= 15 is 0 Å². The van der Waals surface area contributed by atoms with Crippen molar-refractivity contribution in [2.24, 2.45) is 11.8 Å². The van der Waals surface area contributed by atoms with Gasteiger partial charge in [0, 0.05) is 30.3 Å². The molecule has 1 heterocycles. The molecular formula is C16H24N2O4. The lowest BCUT2D eigenvalue weighted by atomic mass is 9.89. The van der Waals surface area contributed by atoms with Crippen molar-refractivity contribution in [2.75, 3.05) is 0 Å². The molecular weight excluding hydrogens is 284 g/mol. The minimum atomic E-state index is -0.804. The number of amides is 2. The van der Waals surface area contributed by atoms with Gasteiger partial charge in [0.1, 0.15) is 0 Å². The van der Waals surface area contributed by atoms with Crippen molar-refractivity contribution in [3.8, 4) is 0 Å². The molecule has 1 aliphatic heterocycles. The van der Waals surface area contributed by atoms with Crippen molar-refractivity contribution >= 4 is 17.8 Å². The Morgan fingerprint density at radius 1 is 1.41 bits per heavy atom. The number of hydrogen-bond donors (Lipinski definition) is 2. The van der Waals surface area contributed by atoms with Gasteiger partial charge >= 0.3 is 5.97 Å². The van der Waals surface area contributed by atoms with Crippen LogP contribution in [0.2, 0.25) is 0 Å². The van der Waals surface area contributed by atoms with Crippen molar-refractivity contribution in [1.82, 2.24) is 10.6 Å². The van der Waals surface area contributed by atoms with Crippen molar-refractivity contribution in [2.45, 2.75) is 70.1 Å². The molecule has 3 rings (SSSR count). The third-order valence-corrected chi connectivity index (χ3v) is 4.90. The van der Waals surface area contributed by atoms with Crippen LogP contribution in [0.25, 0.3) is 0 Å². The van der Waals surface area contributed by atoms with Crippen LogP contribution in [-0.4, -0.2) is 35.5 Å². The van der Waals surface area contributed by atoms with Crippen LogP contribution in [0.4, 0.5) is 0 Å². The fourth-order valence-corrected chi connectivity index (χ4v) is 3.34. The van der Waals surface area contributed by atoms with E-state index in [0.717, 1.165) is 32.1 Å². The van der Waals surface area contributed by atoms with Gasteiger partial charge in [-0.3, -0.25) is 14.4 Å². The molecule has 0 aromatic rings. The summed E-state index contributed by atoms with van der Waals surface area (Å²) in [5, 5.41) is 5.95. The zero-order chi connectivity index (χ0) is 15.9. The minimum Gasteiger partial charge on any atom is -0.452 e. The smallest absolute Gasteiger partial charge is 0.303 e. The number of nitrogens with one attached hydrogen (secondary N) is 2. The Kier molecular flexibility index (Phi) is 3.87. The Hall–Kier alpha value is -1.59. The first-order valence-corrected chi connectivity index (χ1v) is 8.18. The lowest BCUT2D eigenvalue weighted by Gasteiger charge is -2.24. The van der Waals surface area contributed by atoms with Crippen LogP contribution in [0.1, 0.15) is 52.4 Å². The van der Waals surface area contributed by atoms with Crippen molar-refractivity contribution in [3.63, 3.8) is 0 Å². The average molecular weight is 308 g/mol. The second-order valence-electron chi connectivity index (χ2n) is 7.20. The van der Waals surface area contributed by atoms with E-state index in [-0.39, 0.29) is 35.2 Å². The van der Waals surface area contributed by atoms with E-state index in [1.165, 1.54) is 6.92 Å².